The first-order chi connectivity index (χ1) is 14.4. The van der Waals surface area contributed by atoms with Crippen LogP contribution in [0, 0.1) is 5.82 Å². The Morgan fingerprint density at radius 3 is 2.57 bits per heavy atom. The minimum absolute atomic E-state index is 0.00764. The first kappa shape index (κ1) is 19.2. The summed E-state index contributed by atoms with van der Waals surface area (Å²) in [5.41, 5.74) is 0.510. The second-order valence-electron chi connectivity index (χ2n) is 8.37. The Morgan fingerprint density at radius 1 is 1.13 bits per heavy atom. The summed E-state index contributed by atoms with van der Waals surface area (Å²) in [6, 6.07) is 13.8. The van der Waals surface area contributed by atoms with Crippen molar-refractivity contribution in [2.45, 2.75) is 30.3 Å². The number of hydrogen-bond acceptors (Lipinski definition) is 3. The molecule has 1 N–H and O–H groups in total. The van der Waals surface area contributed by atoms with Gasteiger partial charge in [0.15, 0.2) is 6.61 Å². The molecule has 1 saturated heterocycles. The maximum Gasteiger partial charge on any atom is 0.325 e. The van der Waals surface area contributed by atoms with Crippen molar-refractivity contribution < 1.29 is 18.7 Å². The summed E-state index contributed by atoms with van der Waals surface area (Å²) in [4.78, 5) is 29.0. The summed E-state index contributed by atoms with van der Waals surface area (Å²) in [5.74, 6) is -0.585. The van der Waals surface area contributed by atoms with Crippen LogP contribution < -0.4 is 15.0 Å². The van der Waals surface area contributed by atoms with Crippen molar-refractivity contribution in [2.24, 2.45) is 0 Å². The van der Waals surface area contributed by atoms with E-state index in [1.54, 1.807) is 0 Å². The van der Waals surface area contributed by atoms with Crippen molar-refractivity contribution in [3.05, 3.63) is 59.4 Å². The second kappa shape index (κ2) is 6.87. The largest absolute Gasteiger partial charge is 0.484 e. The van der Waals surface area contributed by atoms with Gasteiger partial charge in [0.05, 0.1) is 10.6 Å². The highest BCUT2D eigenvalue weighted by molar-refractivity contribution is 6.30. The van der Waals surface area contributed by atoms with Gasteiger partial charge >= 0.3 is 6.03 Å². The third-order valence-electron chi connectivity index (χ3n) is 6.32. The fourth-order valence-corrected chi connectivity index (χ4v) is 5.14. The van der Waals surface area contributed by atoms with Crippen LogP contribution in [0.15, 0.2) is 48.5 Å². The number of nitrogens with zero attached hydrogens (tertiary/aromatic N) is 2. The molecule has 2 aromatic carbocycles. The molecule has 1 aliphatic heterocycles. The van der Waals surface area contributed by atoms with Crippen molar-refractivity contribution in [1.29, 1.82) is 0 Å². The number of nitrogens with one attached hydrogen (secondary N) is 1. The maximum absolute atomic E-state index is 13.5. The van der Waals surface area contributed by atoms with E-state index in [9.17, 15) is 14.0 Å². The van der Waals surface area contributed by atoms with Crippen LogP contribution in [0.2, 0.25) is 5.02 Å². The highest BCUT2D eigenvalue weighted by Crippen LogP contribution is 2.64. The van der Waals surface area contributed by atoms with Crippen molar-refractivity contribution >= 4 is 29.2 Å². The monoisotopic (exact) mass is 429 g/mol. The number of urea groups is 1. The minimum atomic E-state index is -0.587. The predicted molar refractivity (Wildman–Crippen MR) is 110 cm³/mol. The van der Waals surface area contributed by atoms with Crippen LogP contribution in [0.1, 0.15) is 19.3 Å². The van der Waals surface area contributed by atoms with Gasteiger partial charge in [0.2, 0.25) is 0 Å². The van der Waals surface area contributed by atoms with E-state index in [2.05, 4.69) is 5.32 Å². The zero-order valence-corrected chi connectivity index (χ0v) is 17.0. The van der Waals surface area contributed by atoms with Gasteiger partial charge in [-0.2, -0.15) is 0 Å². The van der Waals surface area contributed by atoms with Crippen LogP contribution in [0.25, 0.3) is 0 Å². The molecule has 2 bridgehead atoms. The molecule has 6 nitrogen and oxygen atoms in total. The van der Waals surface area contributed by atoms with Gasteiger partial charge in [-0.1, -0.05) is 29.8 Å². The number of amides is 3. The quantitative estimate of drug-likeness (QED) is 0.763. The summed E-state index contributed by atoms with van der Waals surface area (Å²) < 4.78 is 18.8. The molecule has 3 amide bonds. The summed E-state index contributed by atoms with van der Waals surface area (Å²) in [7, 11) is 0. The van der Waals surface area contributed by atoms with Gasteiger partial charge in [0.1, 0.15) is 11.6 Å². The molecule has 0 radical (unpaired) electrons. The van der Waals surface area contributed by atoms with Crippen LogP contribution >= 0.6 is 11.6 Å². The lowest BCUT2D eigenvalue weighted by Gasteiger charge is -2.72. The van der Waals surface area contributed by atoms with Crippen LogP contribution in [-0.2, 0) is 4.79 Å². The number of ether oxygens (including phenoxy) is 1. The number of halogens is 2. The molecule has 8 heteroatoms. The minimum Gasteiger partial charge on any atom is -0.484 e. The molecule has 3 aliphatic carbocycles. The standard InChI is InChI=1S/C22H21ClFN3O3/c23-17-7-6-16(10-18(17)24)30-11-19(28)25-21-12-22(13-21,14-21)27-9-8-26(20(27)29)15-4-2-1-3-5-15/h1-7,10H,8-9,11-14H2,(H,25,28). The molecular formula is C22H21ClFN3O3. The molecule has 4 fully saturated rings. The Bertz CT molecular complexity index is 996. The van der Waals surface area contributed by atoms with Crippen molar-refractivity contribution in [1.82, 2.24) is 10.2 Å². The van der Waals surface area contributed by atoms with Gasteiger partial charge in [-0.25, -0.2) is 9.18 Å². The van der Waals surface area contributed by atoms with Crippen molar-refractivity contribution in [3.63, 3.8) is 0 Å². The molecule has 0 spiro atoms. The second-order valence-corrected chi connectivity index (χ2v) is 8.78. The predicted octanol–water partition coefficient (Wildman–Crippen LogP) is 3.59. The molecule has 0 aromatic heterocycles. The normalized spacial score (nSPS) is 26.8. The number of carbonyl (C=O) groups is 2. The fourth-order valence-electron chi connectivity index (χ4n) is 5.03. The lowest BCUT2D eigenvalue weighted by molar-refractivity contribution is -0.165. The number of para-hydroxylation sites is 1. The molecule has 156 valence electrons. The molecule has 4 aliphatic rings. The average Bonchev–Trinajstić information content (AvgIpc) is 3.06. The highest BCUT2D eigenvalue weighted by Gasteiger charge is 2.72. The third kappa shape index (κ3) is 3.08. The highest BCUT2D eigenvalue weighted by atomic mass is 35.5. The van der Waals surface area contributed by atoms with Gasteiger partial charge in [0.25, 0.3) is 5.91 Å². The Morgan fingerprint density at radius 2 is 1.87 bits per heavy atom. The van der Waals surface area contributed by atoms with E-state index in [1.807, 2.05) is 40.1 Å². The maximum atomic E-state index is 13.5. The molecule has 2 aromatic rings. The molecular weight excluding hydrogens is 409 g/mol. The van der Waals surface area contributed by atoms with E-state index >= 15 is 0 Å². The third-order valence-corrected chi connectivity index (χ3v) is 6.62. The molecule has 0 atom stereocenters. The number of rotatable bonds is 6. The van der Waals surface area contributed by atoms with Gasteiger partial charge in [-0.3, -0.25) is 9.69 Å². The Hall–Kier alpha value is -2.80. The molecule has 3 saturated carbocycles. The van der Waals surface area contributed by atoms with Crippen LogP contribution in [0.4, 0.5) is 14.9 Å². The van der Waals surface area contributed by atoms with E-state index in [0.717, 1.165) is 31.0 Å². The fraction of sp³-hybridized carbons (Fsp3) is 0.364. The van der Waals surface area contributed by atoms with E-state index in [0.29, 0.717) is 13.1 Å². The van der Waals surface area contributed by atoms with Gasteiger partial charge in [-0.05, 0) is 43.5 Å². The van der Waals surface area contributed by atoms with E-state index < -0.39 is 5.82 Å². The molecule has 1 heterocycles. The Labute approximate surface area is 178 Å². The van der Waals surface area contributed by atoms with Crippen LogP contribution in [0.5, 0.6) is 5.75 Å². The van der Waals surface area contributed by atoms with Crippen molar-refractivity contribution in [3.8, 4) is 5.75 Å². The van der Waals surface area contributed by atoms with E-state index in [4.69, 9.17) is 16.3 Å². The van der Waals surface area contributed by atoms with Gasteiger partial charge < -0.3 is 15.0 Å². The topological polar surface area (TPSA) is 61.9 Å². The average molecular weight is 430 g/mol. The number of hydrogen-bond donors (Lipinski definition) is 1. The van der Waals surface area contributed by atoms with Gasteiger partial charge in [-0.15, -0.1) is 0 Å². The first-order valence-electron chi connectivity index (χ1n) is 9.93. The van der Waals surface area contributed by atoms with Crippen molar-refractivity contribution in [2.75, 3.05) is 24.6 Å². The Balaban J connectivity index is 1.13. The molecule has 6 rings (SSSR count). The lowest BCUT2D eigenvalue weighted by Crippen LogP contribution is -2.84. The van der Waals surface area contributed by atoms with Crippen LogP contribution in [0.3, 0.4) is 0 Å². The van der Waals surface area contributed by atoms with Crippen LogP contribution in [-0.4, -0.2) is 47.6 Å². The number of carbonyl (C=O) groups excluding carboxylic acids is 2. The summed E-state index contributed by atoms with van der Waals surface area (Å²) in [6.45, 7) is 1.18. The van der Waals surface area contributed by atoms with E-state index in [-0.39, 0.29) is 40.4 Å². The van der Waals surface area contributed by atoms with E-state index in [1.165, 1.54) is 12.1 Å². The molecule has 30 heavy (non-hydrogen) atoms. The SMILES string of the molecule is O=C(COc1ccc(Cl)c(F)c1)NC12CC(N3CCN(c4ccccc4)C3=O)(C1)C2. The lowest BCUT2D eigenvalue weighted by atomic mass is 9.43. The smallest absolute Gasteiger partial charge is 0.325 e. The number of benzene rings is 2. The summed E-state index contributed by atoms with van der Waals surface area (Å²) in [6.07, 6.45) is 2.28. The zero-order chi connectivity index (χ0) is 20.9. The number of anilines is 1. The zero-order valence-electron chi connectivity index (χ0n) is 16.2. The van der Waals surface area contributed by atoms with Gasteiger partial charge in [0, 0.05) is 30.4 Å². The Kier molecular flexibility index (Phi) is 4.39. The summed E-state index contributed by atoms with van der Waals surface area (Å²) in [5, 5.41) is 3.03. The first-order valence-corrected chi connectivity index (χ1v) is 10.3. The summed E-state index contributed by atoms with van der Waals surface area (Å²) >= 11 is 5.64. The molecule has 0 unspecified atom stereocenters.